The van der Waals surface area contributed by atoms with Crippen LogP contribution in [-0.4, -0.2) is 40.2 Å². The monoisotopic (exact) mass is 337 g/mol. The van der Waals surface area contributed by atoms with Gasteiger partial charge in [-0.25, -0.2) is 4.79 Å². The van der Waals surface area contributed by atoms with E-state index in [2.05, 4.69) is 26.2 Å². The molecule has 7 heteroatoms. The molecule has 0 amide bonds. The smallest absolute Gasteiger partial charge is 0.352 e. The maximum absolute atomic E-state index is 11.5. The largest absolute Gasteiger partial charge is 0.477 e. The predicted molar refractivity (Wildman–Crippen MR) is 79.1 cm³/mol. The molecule has 0 saturated heterocycles. The van der Waals surface area contributed by atoms with E-state index in [0.29, 0.717) is 12.5 Å². The number of carbonyl (C=O) groups is 1. The van der Waals surface area contributed by atoms with Crippen LogP contribution in [0.25, 0.3) is 10.9 Å². The van der Waals surface area contributed by atoms with Crippen LogP contribution in [0.3, 0.4) is 0 Å². The highest BCUT2D eigenvalue weighted by atomic mass is 79.9. The molecule has 1 atom stereocenters. The van der Waals surface area contributed by atoms with Gasteiger partial charge in [0.25, 0.3) is 0 Å². The zero-order valence-corrected chi connectivity index (χ0v) is 12.4. The quantitative estimate of drug-likeness (QED) is 0.620. The van der Waals surface area contributed by atoms with E-state index in [1.54, 1.807) is 0 Å². The van der Waals surface area contributed by atoms with Crippen molar-refractivity contribution >= 4 is 38.8 Å². The molecule has 1 aromatic carbocycles. The topological polar surface area (TPSA) is 94.2 Å². The first-order valence-electron chi connectivity index (χ1n) is 6.12. The minimum atomic E-state index is -0.966. The number of carboxylic acid groups (broad SMARTS) is 1. The predicted octanol–water partition coefficient (Wildman–Crippen LogP) is 1.23. The fourth-order valence-corrected chi connectivity index (χ4v) is 2.99. The van der Waals surface area contributed by atoms with E-state index in [0.717, 1.165) is 20.9 Å². The summed E-state index contributed by atoms with van der Waals surface area (Å²) in [6.45, 7) is 0.585. The fraction of sp³-hybridized carbons (Fsp3) is 0.231. The summed E-state index contributed by atoms with van der Waals surface area (Å²) in [6.07, 6.45) is 0. The van der Waals surface area contributed by atoms with Gasteiger partial charge >= 0.3 is 11.9 Å². The summed E-state index contributed by atoms with van der Waals surface area (Å²) in [7, 11) is 1.85. The molecule has 1 aliphatic heterocycles. The molecule has 0 fully saturated rings. The van der Waals surface area contributed by atoms with Crippen molar-refractivity contribution in [2.75, 3.05) is 13.6 Å². The second-order valence-corrected chi connectivity index (χ2v) is 5.72. The molecule has 5 N–H and O–H groups in total. The number of guanidine groups is 1. The van der Waals surface area contributed by atoms with Crippen LogP contribution in [0.2, 0.25) is 0 Å². The number of benzene rings is 1. The van der Waals surface area contributed by atoms with Crippen molar-refractivity contribution in [1.82, 2.24) is 10.3 Å². The summed E-state index contributed by atoms with van der Waals surface area (Å²) < 4.78 is 2.77. The summed E-state index contributed by atoms with van der Waals surface area (Å²) in [5.74, 6) is -0.415. The Morgan fingerprint density at radius 3 is 2.90 bits per heavy atom. The molecule has 0 spiro atoms. The number of likely N-dealkylation sites (N-methyl/N-ethyl adjacent to an activating group) is 1. The van der Waals surface area contributed by atoms with Crippen molar-refractivity contribution < 1.29 is 14.5 Å². The number of nitrogens with two attached hydrogens (primary N) is 1. The molecule has 0 bridgehead atoms. The summed E-state index contributed by atoms with van der Waals surface area (Å²) in [5.41, 5.74) is 7.61. The van der Waals surface area contributed by atoms with Crippen LogP contribution < -0.4 is 11.1 Å². The molecule has 3 rings (SSSR count). The van der Waals surface area contributed by atoms with Gasteiger partial charge in [-0.1, -0.05) is 15.9 Å². The van der Waals surface area contributed by atoms with E-state index < -0.39 is 5.97 Å². The van der Waals surface area contributed by atoms with Gasteiger partial charge in [0.2, 0.25) is 0 Å². The molecule has 1 aromatic heterocycles. The van der Waals surface area contributed by atoms with Crippen molar-refractivity contribution in [3.63, 3.8) is 0 Å². The second kappa shape index (κ2) is 4.52. The summed E-state index contributed by atoms with van der Waals surface area (Å²) in [5, 5.41) is 13.4. The molecule has 0 radical (unpaired) electrons. The Bertz CT molecular complexity index is 750. The maximum atomic E-state index is 11.5. The third-order valence-corrected chi connectivity index (χ3v) is 4.17. The molecule has 0 aliphatic carbocycles. The van der Waals surface area contributed by atoms with Gasteiger partial charge in [-0.3, -0.25) is 15.6 Å². The van der Waals surface area contributed by atoms with Crippen LogP contribution in [0, 0.1) is 0 Å². The minimum absolute atomic E-state index is 0.107. The second-order valence-electron chi connectivity index (χ2n) is 4.80. The van der Waals surface area contributed by atoms with Gasteiger partial charge in [0, 0.05) is 20.9 Å². The number of H-pyrrole nitrogens is 1. The van der Waals surface area contributed by atoms with Gasteiger partial charge in [-0.05, 0) is 18.2 Å². The number of fused-ring (bicyclic) bond motifs is 1. The molecule has 1 unspecified atom stereocenters. The van der Waals surface area contributed by atoms with Gasteiger partial charge in [-0.15, -0.1) is 0 Å². The highest BCUT2D eigenvalue weighted by Crippen LogP contribution is 2.32. The third kappa shape index (κ3) is 1.85. The van der Waals surface area contributed by atoms with E-state index in [1.807, 2.05) is 29.8 Å². The Morgan fingerprint density at radius 1 is 1.55 bits per heavy atom. The maximum Gasteiger partial charge on any atom is 0.352 e. The molecule has 104 valence electrons. The number of nitrogens with one attached hydrogen (secondary N) is 2. The van der Waals surface area contributed by atoms with E-state index in [-0.39, 0.29) is 11.7 Å². The van der Waals surface area contributed by atoms with Crippen LogP contribution in [0.5, 0.6) is 0 Å². The zero-order valence-electron chi connectivity index (χ0n) is 10.8. The van der Waals surface area contributed by atoms with Crippen molar-refractivity contribution in [3.05, 3.63) is 33.9 Å². The summed E-state index contributed by atoms with van der Waals surface area (Å²) in [4.78, 5) is 14.5. The van der Waals surface area contributed by atoms with Crippen LogP contribution in [0.15, 0.2) is 22.7 Å². The van der Waals surface area contributed by atoms with E-state index in [1.165, 1.54) is 0 Å². The highest BCUT2D eigenvalue weighted by molar-refractivity contribution is 9.10. The summed E-state index contributed by atoms with van der Waals surface area (Å²) in [6, 6.07) is 5.57. The fourth-order valence-electron chi connectivity index (χ4n) is 2.63. The number of aromatic carboxylic acids is 1. The lowest BCUT2D eigenvalue weighted by atomic mass is 10.0. The lowest BCUT2D eigenvalue weighted by molar-refractivity contribution is -0.533. The zero-order chi connectivity index (χ0) is 14.4. The molecule has 20 heavy (non-hydrogen) atoms. The first kappa shape index (κ1) is 13.0. The van der Waals surface area contributed by atoms with Crippen LogP contribution >= 0.6 is 15.9 Å². The Balaban J connectivity index is 2.29. The molecule has 2 aromatic rings. The van der Waals surface area contributed by atoms with Gasteiger partial charge in [-0.2, -0.15) is 0 Å². The minimum Gasteiger partial charge on any atom is -0.477 e. The highest BCUT2D eigenvalue weighted by Gasteiger charge is 2.33. The van der Waals surface area contributed by atoms with Gasteiger partial charge in [0.05, 0.1) is 7.05 Å². The Morgan fingerprint density at radius 2 is 2.30 bits per heavy atom. The van der Waals surface area contributed by atoms with Crippen molar-refractivity contribution in [2.45, 2.75) is 6.04 Å². The van der Waals surface area contributed by atoms with E-state index in [9.17, 15) is 9.90 Å². The van der Waals surface area contributed by atoms with E-state index >= 15 is 0 Å². The van der Waals surface area contributed by atoms with Crippen LogP contribution in [0.4, 0.5) is 0 Å². The van der Waals surface area contributed by atoms with Crippen molar-refractivity contribution in [2.24, 2.45) is 5.73 Å². The SMILES string of the molecule is C[N+]1=C(N)NCC1c1c(C(=O)O)[nH]c2ccc(Br)cc12. The first-order chi connectivity index (χ1) is 9.49. The molecular formula is C13H14BrN4O2+. The Hall–Kier alpha value is -2.02. The number of halogens is 1. The van der Waals surface area contributed by atoms with Gasteiger partial charge in [0.15, 0.2) is 0 Å². The number of hydrogen-bond acceptors (Lipinski definition) is 3. The van der Waals surface area contributed by atoms with Crippen LogP contribution in [-0.2, 0) is 0 Å². The van der Waals surface area contributed by atoms with Gasteiger partial charge in [0.1, 0.15) is 18.3 Å². The number of nitrogens with zero attached hydrogens (tertiary/aromatic N) is 1. The molecule has 1 aliphatic rings. The van der Waals surface area contributed by atoms with Gasteiger partial charge < -0.3 is 10.1 Å². The number of hydrogen-bond donors (Lipinski definition) is 4. The Labute approximate surface area is 123 Å². The molecule has 6 nitrogen and oxygen atoms in total. The van der Waals surface area contributed by atoms with Crippen LogP contribution in [0.1, 0.15) is 22.1 Å². The molecule has 2 heterocycles. The lowest BCUT2D eigenvalue weighted by Crippen LogP contribution is -2.30. The number of aromatic amines is 1. The third-order valence-electron chi connectivity index (χ3n) is 3.67. The Kier molecular flexibility index (Phi) is 2.93. The number of carboxylic acids is 1. The standard InChI is InChI=1S/C13H13BrN4O2/c1-18-9(5-16-13(18)15)10-7-4-6(14)2-3-8(7)17-11(10)12(19)20/h2-4,9,17H,5H2,1H3,(H3,15,16,19,20)/p+1. The first-order valence-corrected chi connectivity index (χ1v) is 6.92. The van der Waals surface area contributed by atoms with Crippen molar-refractivity contribution in [1.29, 1.82) is 0 Å². The molecular weight excluding hydrogens is 324 g/mol. The summed E-state index contributed by atoms with van der Waals surface area (Å²) >= 11 is 3.43. The lowest BCUT2D eigenvalue weighted by Gasteiger charge is -2.10. The average molecular weight is 338 g/mol. The average Bonchev–Trinajstić information content (AvgIpc) is 2.91. The van der Waals surface area contributed by atoms with Crippen molar-refractivity contribution in [3.8, 4) is 0 Å². The normalized spacial score (nSPS) is 18.6. The number of aromatic nitrogens is 1. The number of rotatable bonds is 2. The molecule has 0 saturated carbocycles. The van der Waals surface area contributed by atoms with E-state index in [4.69, 9.17) is 5.73 Å².